The maximum Gasteiger partial charge on any atom is 0.195 e. The Hall–Kier alpha value is -1.06. The van der Waals surface area contributed by atoms with E-state index in [2.05, 4.69) is 39.8 Å². The first-order valence-electron chi connectivity index (χ1n) is 7.42. The van der Waals surface area contributed by atoms with Gasteiger partial charge in [-0.1, -0.05) is 33.8 Å². The molecule has 1 heterocycles. The van der Waals surface area contributed by atoms with Gasteiger partial charge in [0.25, 0.3) is 0 Å². The number of ether oxygens (including phenoxy) is 3. The van der Waals surface area contributed by atoms with E-state index >= 15 is 0 Å². The summed E-state index contributed by atoms with van der Waals surface area (Å²) in [5, 5.41) is 0. The van der Waals surface area contributed by atoms with E-state index in [4.69, 9.17) is 14.2 Å². The molecule has 0 radical (unpaired) electrons. The van der Waals surface area contributed by atoms with Gasteiger partial charge in [-0.05, 0) is 36.5 Å². The summed E-state index contributed by atoms with van der Waals surface area (Å²) in [7, 11) is 0. The first-order chi connectivity index (χ1) is 9.37. The average molecular weight is 278 g/mol. The molecular weight excluding hydrogens is 252 g/mol. The Balaban J connectivity index is 2.42. The van der Waals surface area contributed by atoms with Crippen molar-refractivity contribution in [3.8, 4) is 5.75 Å². The fourth-order valence-electron chi connectivity index (χ4n) is 2.36. The second-order valence-electron chi connectivity index (χ2n) is 6.45. The van der Waals surface area contributed by atoms with Crippen LogP contribution in [0.2, 0.25) is 0 Å². The van der Waals surface area contributed by atoms with Gasteiger partial charge in [0, 0.05) is 0 Å². The van der Waals surface area contributed by atoms with Crippen LogP contribution in [0.1, 0.15) is 52.2 Å². The van der Waals surface area contributed by atoms with Gasteiger partial charge in [0.05, 0.1) is 25.4 Å². The van der Waals surface area contributed by atoms with Gasteiger partial charge >= 0.3 is 0 Å². The predicted octanol–water partition coefficient (Wildman–Crippen LogP) is 3.99. The van der Waals surface area contributed by atoms with Gasteiger partial charge in [0.15, 0.2) is 5.79 Å². The van der Waals surface area contributed by atoms with Crippen molar-refractivity contribution in [3.63, 3.8) is 0 Å². The molecule has 1 aliphatic heterocycles. The molecule has 20 heavy (non-hydrogen) atoms. The summed E-state index contributed by atoms with van der Waals surface area (Å²) < 4.78 is 17.5. The van der Waals surface area contributed by atoms with Crippen molar-refractivity contribution < 1.29 is 14.2 Å². The maximum atomic E-state index is 5.87. The summed E-state index contributed by atoms with van der Waals surface area (Å²) in [5.41, 5.74) is 2.35. The molecular formula is C17H26O3. The van der Waals surface area contributed by atoms with Crippen LogP contribution >= 0.6 is 0 Å². The summed E-state index contributed by atoms with van der Waals surface area (Å²) in [6, 6.07) is 6.34. The maximum absolute atomic E-state index is 5.87. The molecule has 3 nitrogen and oxygen atoms in total. The topological polar surface area (TPSA) is 27.7 Å². The van der Waals surface area contributed by atoms with E-state index in [1.54, 1.807) is 0 Å². The van der Waals surface area contributed by atoms with E-state index in [1.165, 1.54) is 5.56 Å². The second kappa shape index (κ2) is 5.74. The number of benzene rings is 1. The molecule has 3 heteroatoms. The summed E-state index contributed by atoms with van der Waals surface area (Å²) in [5.74, 6) is 0.175. The van der Waals surface area contributed by atoms with E-state index in [0.717, 1.165) is 17.7 Å². The van der Waals surface area contributed by atoms with Crippen LogP contribution in [-0.2, 0) is 20.7 Å². The van der Waals surface area contributed by atoms with Crippen molar-refractivity contribution in [2.75, 3.05) is 19.8 Å². The van der Waals surface area contributed by atoms with Crippen LogP contribution in [0, 0.1) is 0 Å². The summed E-state index contributed by atoms with van der Waals surface area (Å²) >= 11 is 0. The molecule has 112 valence electrons. The molecule has 1 saturated heterocycles. The minimum Gasteiger partial charge on any atom is -0.493 e. The molecule has 2 rings (SSSR count). The highest BCUT2D eigenvalue weighted by atomic mass is 16.7. The molecule has 0 atom stereocenters. The molecule has 0 bridgehead atoms. The lowest BCUT2D eigenvalue weighted by Gasteiger charge is -2.28. The van der Waals surface area contributed by atoms with Crippen molar-refractivity contribution in [1.82, 2.24) is 0 Å². The first-order valence-corrected chi connectivity index (χ1v) is 7.42. The van der Waals surface area contributed by atoms with Crippen LogP contribution in [0.3, 0.4) is 0 Å². The lowest BCUT2D eigenvalue weighted by molar-refractivity contribution is -0.150. The molecule has 0 unspecified atom stereocenters. The number of hydrogen-bond acceptors (Lipinski definition) is 3. The van der Waals surface area contributed by atoms with E-state index < -0.39 is 5.79 Å². The minimum absolute atomic E-state index is 0.0903. The Morgan fingerprint density at radius 3 is 2.40 bits per heavy atom. The smallest absolute Gasteiger partial charge is 0.195 e. The lowest BCUT2D eigenvalue weighted by Crippen LogP contribution is -2.25. The van der Waals surface area contributed by atoms with E-state index in [0.29, 0.717) is 19.8 Å². The Kier molecular flexibility index (Phi) is 4.40. The van der Waals surface area contributed by atoms with Gasteiger partial charge in [0.2, 0.25) is 0 Å². The molecule has 1 aromatic rings. The predicted molar refractivity (Wildman–Crippen MR) is 80.2 cm³/mol. The van der Waals surface area contributed by atoms with Crippen molar-refractivity contribution >= 4 is 0 Å². The number of rotatable bonds is 4. The molecule has 0 aliphatic carbocycles. The summed E-state index contributed by atoms with van der Waals surface area (Å²) in [6.07, 6.45) is 0.985. The summed E-state index contributed by atoms with van der Waals surface area (Å²) in [6.45, 7) is 12.7. The van der Waals surface area contributed by atoms with Crippen LogP contribution in [0.5, 0.6) is 5.75 Å². The Bertz CT molecular complexity index is 454. The summed E-state index contributed by atoms with van der Waals surface area (Å²) in [4.78, 5) is 0. The van der Waals surface area contributed by atoms with E-state index in [-0.39, 0.29) is 5.41 Å². The van der Waals surface area contributed by atoms with Crippen LogP contribution in [0.4, 0.5) is 0 Å². The SMILES string of the molecule is CCCOc1ccc(C(C)(C)C)cc1C1(C)OCCO1. The van der Waals surface area contributed by atoms with Crippen molar-refractivity contribution in [3.05, 3.63) is 29.3 Å². The fraction of sp³-hybridized carbons (Fsp3) is 0.647. The molecule has 0 amide bonds. The van der Waals surface area contributed by atoms with E-state index in [9.17, 15) is 0 Å². The Morgan fingerprint density at radius 1 is 1.20 bits per heavy atom. The third-order valence-corrected chi connectivity index (χ3v) is 3.63. The van der Waals surface area contributed by atoms with Crippen LogP contribution in [-0.4, -0.2) is 19.8 Å². The van der Waals surface area contributed by atoms with Crippen molar-refractivity contribution in [2.45, 2.75) is 52.2 Å². The third kappa shape index (κ3) is 3.15. The van der Waals surface area contributed by atoms with Crippen LogP contribution in [0.25, 0.3) is 0 Å². The zero-order valence-electron chi connectivity index (χ0n) is 13.3. The largest absolute Gasteiger partial charge is 0.493 e. The van der Waals surface area contributed by atoms with Crippen molar-refractivity contribution in [2.24, 2.45) is 0 Å². The zero-order valence-corrected chi connectivity index (χ0v) is 13.3. The normalized spacial score (nSPS) is 18.2. The van der Waals surface area contributed by atoms with E-state index in [1.807, 2.05) is 13.0 Å². The lowest BCUT2D eigenvalue weighted by atomic mass is 9.85. The molecule has 1 fully saturated rings. The van der Waals surface area contributed by atoms with Crippen LogP contribution in [0.15, 0.2) is 18.2 Å². The molecule has 0 aromatic heterocycles. The highest BCUT2D eigenvalue weighted by Crippen LogP contribution is 2.39. The molecule has 0 spiro atoms. The van der Waals surface area contributed by atoms with Gasteiger partial charge < -0.3 is 14.2 Å². The van der Waals surface area contributed by atoms with Gasteiger partial charge in [-0.25, -0.2) is 0 Å². The Morgan fingerprint density at radius 2 is 1.85 bits per heavy atom. The van der Waals surface area contributed by atoms with Gasteiger partial charge in [-0.15, -0.1) is 0 Å². The Labute approximate surface area is 122 Å². The highest BCUT2D eigenvalue weighted by Gasteiger charge is 2.36. The number of hydrogen-bond donors (Lipinski definition) is 0. The molecule has 0 N–H and O–H groups in total. The quantitative estimate of drug-likeness (QED) is 0.833. The van der Waals surface area contributed by atoms with Crippen LogP contribution < -0.4 is 4.74 Å². The first kappa shape index (κ1) is 15.3. The standard InChI is InChI=1S/C17H26O3/c1-6-9-18-15-8-7-13(16(2,3)4)12-14(15)17(5)19-10-11-20-17/h7-8,12H,6,9-11H2,1-5H3. The fourth-order valence-corrected chi connectivity index (χ4v) is 2.36. The minimum atomic E-state index is -0.690. The average Bonchev–Trinajstić information content (AvgIpc) is 2.83. The zero-order chi connectivity index (χ0) is 14.8. The van der Waals surface area contributed by atoms with Crippen molar-refractivity contribution in [1.29, 1.82) is 0 Å². The van der Waals surface area contributed by atoms with Gasteiger partial charge in [0.1, 0.15) is 5.75 Å². The molecule has 1 aromatic carbocycles. The molecule has 1 aliphatic rings. The highest BCUT2D eigenvalue weighted by molar-refractivity contribution is 5.42. The third-order valence-electron chi connectivity index (χ3n) is 3.63. The van der Waals surface area contributed by atoms with Gasteiger partial charge in [-0.3, -0.25) is 0 Å². The monoisotopic (exact) mass is 278 g/mol. The second-order valence-corrected chi connectivity index (χ2v) is 6.45. The molecule has 0 saturated carbocycles. The van der Waals surface area contributed by atoms with Gasteiger partial charge in [-0.2, -0.15) is 0 Å².